The van der Waals surface area contributed by atoms with Crippen LogP contribution < -0.4 is 10.6 Å². The predicted molar refractivity (Wildman–Crippen MR) is 61.1 cm³/mol. The second kappa shape index (κ2) is 4.69. The van der Waals surface area contributed by atoms with Crippen molar-refractivity contribution in [1.29, 1.82) is 0 Å². The molecule has 1 unspecified atom stereocenters. The SMILES string of the molecule is CC(O)C(C)(C)NC(=O)COC1(C)CNC1. The number of rotatable bonds is 5. The largest absolute Gasteiger partial charge is 0.391 e. The van der Waals surface area contributed by atoms with Gasteiger partial charge in [0, 0.05) is 13.1 Å². The molecule has 0 bridgehead atoms. The number of carbonyl (C=O) groups is 1. The zero-order valence-electron chi connectivity index (χ0n) is 10.5. The first-order valence-electron chi connectivity index (χ1n) is 5.59. The number of carbonyl (C=O) groups excluding carboxylic acids is 1. The monoisotopic (exact) mass is 230 g/mol. The summed E-state index contributed by atoms with van der Waals surface area (Å²) >= 11 is 0. The minimum atomic E-state index is -0.626. The van der Waals surface area contributed by atoms with Crippen molar-refractivity contribution in [3.8, 4) is 0 Å². The summed E-state index contributed by atoms with van der Waals surface area (Å²) in [6.07, 6.45) is -0.600. The third-order valence-electron chi connectivity index (χ3n) is 3.06. The van der Waals surface area contributed by atoms with Crippen LogP contribution in [-0.2, 0) is 9.53 Å². The molecule has 1 rings (SSSR count). The summed E-state index contributed by atoms with van der Waals surface area (Å²) < 4.78 is 5.50. The highest BCUT2D eigenvalue weighted by molar-refractivity contribution is 5.78. The predicted octanol–water partition coefficient (Wildman–Crippen LogP) is -0.359. The van der Waals surface area contributed by atoms with Crippen LogP contribution in [0.15, 0.2) is 0 Å². The number of hydrogen-bond acceptors (Lipinski definition) is 4. The molecule has 5 heteroatoms. The highest BCUT2D eigenvalue weighted by Gasteiger charge is 2.34. The van der Waals surface area contributed by atoms with Gasteiger partial charge >= 0.3 is 0 Å². The lowest BCUT2D eigenvalue weighted by molar-refractivity contribution is -0.138. The number of aliphatic hydroxyl groups is 1. The molecule has 0 aromatic rings. The van der Waals surface area contributed by atoms with Gasteiger partial charge in [-0.2, -0.15) is 0 Å². The Morgan fingerprint density at radius 3 is 2.56 bits per heavy atom. The van der Waals surface area contributed by atoms with E-state index in [1.807, 2.05) is 6.92 Å². The van der Waals surface area contributed by atoms with Crippen molar-refractivity contribution in [2.45, 2.75) is 44.9 Å². The van der Waals surface area contributed by atoms with Gasteiger partial charge in [0.05, 0.1) is 17.2 Å². The van der Waals surface area contributed by atoms with Crippen molar-refractivity contribution in [2.75, 3.05) is 19.7 Å². The van der Waals surface area contributed by atoms with Crippen LogP contribution in [0.5, 0.6) is 0 Å². The highest BCUT2D eigenvalue weighted by Crippen LogP contribution is 2.15. The van der Waals surface area contributed by atoms with E-state index < -0.39 is 11.6 Å². The average molecular weight is 230 g/mol. The van der Waals surface area contributed by atoms with Crippen LogP contribution in [0, 0.1) is 0 Å². The smallest absolute Gasteiger partial charge is 0.246 e. The van der Waals surface area contributed by atoms with Gasteiger partial charge in [-0.3, -0.25) is 4.79 Å². The van der Waals surface area contributed by atoms with E-state index >= 15 is 0 Å². The Labute approximate surface area is 96.6 Å². The Morgan fingerprint density at radius 1 is 1.62 bits per heavy atom. The molecule has 1 aliphatic rings. The Balaban J connectivity index is 2.30. The molecule has 1 aliphatic heterocycles. The fourth-order valence-electron chi connectivity index (χ4n) is 1.32. The van der Waals surface area contributed by atoms with E-state index in [0.717, 1.165) is 13.1 Å². The first-order chi connectivity index (χ1) is 7.25. The Bertz CT molecular complexity index is 260. The molecular weight excluding hydrogens is 208 g/mol. The Morgan fingerprint density at radius 2 is 2.19 bits per heavy atom. The highest BCUT2D eigenvalue weighted by atomic mass is 16.5. The number of amides is 1. The molecule has 5 nitrogen and oxygen atoms in total. The quantitative estimate of drug-likeness (QED) is 0.603. The van der Waals surface area contributed by atoms with Gasteiger partial charge < -0.3 is 20.5 Å². The fraction of sp³-hybridized carbons (Fsp3) is 0.909. The van der Waals surface area contributed by atoms with E-state index in [4.69, 9.17) is 4.74 Å². The van der Waals surface area contributed by atoms with Crippen LogP contribution in [-0.4, -0.2) is 48.0 Å². The molecule has 3 N–H and O–H groups in total. The van der Waals surface area contributed by atoms with Crippen LogP contribution in [0.4, 0.5) is 0 Å². The standard InChI is InChI=1S/C11H22N2O3/c1-8(14)10(2,3)13-9(15)5-16-11(4)6-12-7-11/h8,12,14H,5-7H2,1-4H3,(H,13,15). The topological polar surface area (TPSA) is 70.6 Å². The van der Waals surface area contributed by atoms with Crippen molar-refractivity contribution in [3.05, 3.63) is 0 Å². The Kier molecular flexibility index (Phi) is 3.93. The maximum absolute atomic E-state index is 11.6. The molecule has 1 fully saturated rings. The molecule has 1 heterocycles. The maximum Gasteiger partial charge on any atom is 0.246 e. The fourth-order valence-corrected chi connectivity index (χ4v) is 1.32. The molecule has 0 radical (unpaired) electrons. The van der Waals surface area contributed by atoms with Gasteiger partial charge in [0.25, 0.3) is 0 Å². The lowest BCUT2D eigenvalue weighted by Gasteiger charge is -2.39. The van der Waals surface area contributed by atoms with Crippen LogP contribution in [0.1, 0.15) is 27.7 Å². The van der Waals surface area contributed by atoms with E-state index in [-0.39, 0.29) is 18.1 Å². The molecule has 0 spiro atoms. The van der Waals surface area contributed by atoms with Crippen molar-refractivity contribution >= 4 is 5.91 Å². The summed E-state index contributed by atoms with van der Waals surface area (Å²) in [5, 5.41) is 15.3. The summed E-state index contributed by atoms with van der Waals surface area (Å²) in [4.78, 5) is 11.6. The average Bonchev–Trinajstić information content (AvgIpc) is 2.10. The Hall–Kier alpha value is -0.650. The normalized spacial score (nSPS) is 21.1. The molecule has 0 aliphatic carbocycles. The lowest BCUT2D eigenvalue weighted by atomic mass is 9.98. The molecule has 0 aromatic carbocycles. The number of hydrogen-bond donors (Lipinski definition) is 3. The molecule has 0 saturated carbocycles. The summed E-state index contributed by atoms with van der Waals surface area (Å²) in [6, 6.07) is 0. The first-order valence-corrected chi connectivity index (χ1v) is 5.59. The van der Waals surface area contributed by atoms with Crippen molar-refractivity contribution in [3.63, 3.8) is 0 Å². The summed E-state index contributed by atoms with van der Waals surface area (Å²) in [5.74, 6) is -0.195. The second-order valence-corrected chi connectivity index (χ2v) is 5.29. The molecular formula is C11H22N2O3. The minimum absolute atomic E-state index is 0.0360. The summed E-state index contributed by atoms with van der Waals surface area (Å²) in [6.45, 7) is 8.77. The molecule has 1 amide bonds. The van der Waals surface area contributed by atoms with E-state index in [0.29, 0.717) is 0 Å². The van der Waals surface area contributed by atoms with Gasteiger partial charge in [-0.05, 0) is 27.7 Å². The van der Waals surface area contributed by atoms with Gasteiger partial charge in [-0.1, -0.05) is 0 Å². The van der Waals surface area contributed by atoms with Crippen LogP contribution in [0.25, 0.3) is 0 Å². The molecule has 1 saturated heterocycles. The zero-order chi connectivity index (χ0) is 12.4. The van der Waals surface area contributed by atoms with Gasteiger partial charge in [0.2, 0.25) is 5.91 Å². The maximum atomic E-state index is 11.6. The number of aliphatic hydroxyl groups excluding tert-OH is 1. The van der Waals surface area contributed by atoms with Gasteiger partial charge in [0.15, 0.2) is 0 Å². The van der Waals surface area contributed by atoms with Gasteiger partial charge in [0.1, 0.15) is 6.61 Å². The van der Waals surface area contributed by atoms with Gasteiger partial charge in [-0.25, -0.2) is 0 Å². The van der Waals surface area contributed by atoms with Crippen LogP contribution in [0.3, 0.4) is 0 Å². The van der Waals surface area contributed by atoms with E-state index in [2.05, 4.69) is 10.6 Å². The van der Waals surface area contributed by atoms with E-state index in [1.165, 1.54) is 0 Å². The van der Waals surface area contributed by atoms with E-state index in [1.54, 1.807) is 20.8 Å². The number of nitrogens with one attached hydrogen (secondary N) is 2. The number of ether oxygens (including phenoxy) is 1. The molecule has 1 atom stereocenters. The third-order valence-corrected chi connectivity index (χ3v) is 3.06. The van der Waals surface area contributed by atoms with Crippen LogP contribution in [0.2, 0.25) is 0 Å². The minimum Gasteiger partial charge on any atom is -0.391 e. The molecule has 0 aromatic heterocycles. The van der Waals surface area contributed by atoms with Crippen molar-refractivity contribution in [2.24, 2.45) is 0 Å². The molecule has 16 heavy (non-hydrogen) atoms. The van der Waals surface area contributed by atoms with E-state index in [9.17, 15) is 9.90 Å². The third kappa shape index (κ3) is 3.43. The molecule has 94 valence electrons. The van der Waals surface area contributed by atoms with Crippen molar-refractivity contribution in [1.82, 2.24) is 10.6 Å². The summed E-state index contributed by atoms with van der Waals surface area (Å²) in [5.41, 5.74) is -0.842. The van der Waals surface area contributed by atoms with Crippen molar-refractivity contribution < 1.29 is 14.6 Å². The van der Waals surface area contributed by atoms with Gasteiger partial charge in [-0.15, -0.1) is 0 Å². The van der Waals surface area contributed by atoms with Crippen LogP contribution >= 0.6 is 0 Å². The second-order valence-electron chi connectivity index (χ2n) is 5.29. The summed E-state index contributed by atoms with van der Waals surface area (Å²) in [7, 11) is 0. The zero-order valence-corrected chi connectivity index (χ0v) is 10.5. The first kappa shape index (κ1) is 13.4. The lowest BCUT2D eigenvalue weighted by Crippen LogP contribution is -2.60.